The van der Waals surface area contributed by atoms with Crippen molar-refractivity contribution in [3.8, 4) is 6.07 Å². The Morgan fingerprint density at radius 2 is 1.89 bits per heavy atom. The second-order valence-electron chi connectivity index (χ2n) is 4.54. The number of amides is 1. The van der Waals surface area contributed by atoms with Crippen molar-refractivity contribution in [3.05, 3.63) is 29.6 Å². The van der Waals surface area contributed by atoms with Crippen LogP contribution in [0.25, 0.3) is 0 Å². The minimum atomic E-state index is 0.0129. The molecule has 0 saturated carbocycles. The molecule has 102 valence electrons. The fourth-order valence-corrected chi connectivity index (χ4v) is 1.78. The molecule has 1 aromatic rings. The van der Waals surface area contributed by atoms with E-state index in [1.54, 1.807) is 12.1 Å². The minimum absolute atomic E-state index is 0.0129. The van der Waals surface area contributed by atoms with Crippen LogP contribution in [-0.2, 0) is 0 Å². The highest BCUT2D eigenvalue weighted by atomic mass is 16.2. The number of nitriles is 1. The van der Waals surface area contributed by atoms with Crippen molar-refractivity contribution in [2.24, 2.45) is 0 Å². The number of aromatic nitrogens is 1. The molecule has 4 heteroatoms. The number of hydrogen-bond acceptors (Lipinski definition) is 3. The second kappa shape index (κ2) is 8.25. The van der Waals surface area contributed by atoms with Gasteiger partial charge in [0.25, 0.3) is 5.91 Å². The predicted octanol–water partition coefficient (Wildman–Crippen LogP) is 3.00. The minimum Gasteiger partial charge on any atom is -0.339 e. The van der Waals surface area contributed by atoms with Gasteiger partial charge in [0.05, 0.1) is 5.56 Å². The van der Waals surface area contributed by atoms with Gasteiger partial charge in [0.2, 0.25) is 0 Å². The first-order chi connectivity index (χ1) is 9.22. The molecule has 0 radical (unpaired) electrons. The van der Waals surface area contributed by atoms with E-state index in [9.17, 15) is 4.79 Å². The van der Waals surface area contributed by atoms with Gasteiger partial charge >= 0.3 is 0 Å². The SMILES string of the molecule is CCCCN(CCCC)C(=O)c1ccc(C#N)nc1. The van der Waals surface area contributed by atoms with E-state index in [0.717, 1.165) is 38.8 Å². The Bertz CT molecular complexity index is 426. The van der Waals surface area contributed by atoms with Gasteiger partial charge in [-0.15, -0.1) is 0 Å². The monoisotopic (exact) mass is 259 g/mol. The van der Waals surface area contributed by atoms with Crippen LogP contribution in [0.3, 0.4) is 0 Å². The van der Waals surface area contributed by atoms with Gasteiger partial charge in [-0.2, -0.15) is 5.26 Å². The van der Waals surface area contributed by atoms with E-state index in [1.807, 2.05) is 11.0 Å². The maximum absolute atomic E-state index is 12.4. The van der Waals surface area contributed by atoms with Crippen LogP contribution in [0.1, 0.15) is 55.6 Å². The third-order valence-electron chi connectivity index (χ3n) is 2.98. The lowest BCUT2D eigenvalue weighted by atomic mass is 10.2. The van der Waals surface area contributed by atoms with Crippen molar-refractivity contribution >= 4 is 5.91 Å². The van der Waals surface area contributed by atoms with Gasteiger partial charge in [-0.25, -0.2) is 4.98 Å². The number of carbonyl (C=O) groups excluding carboxylic acids is 1. The lowest BCUT2D eigenvalue weighted by molar-refractivity contribution is 0.0750. The fraction of sp³-hybridized carbons (Fsp3) is 0.533. The molecule has 0 unspecified atom stereocenters. The van der Waals surface area contributed by atoms with E-state index in [-0.39, 0.29) is 5.91 Å². The van der Waals surface area contributed by atoms with Crippen LogP contribution < -0.4 is 0 Å². The predicted molar refractivity (Wildman–Crippen MR) is 74.7 cm³/mol. The van der Waals surface area contributed by atoms with Gasteiger partial charge in [-0.05, 0) is 25.0 Å². The molecule has 4 nitrogen and oxygen atoms in total. The molecule has 0 aromatic carbocycles. The summed E-state index contributed by atoms with van der Waals surface area (Å²) in [5, 5.41) is 8.70. The molecular formula is C15H21N3O. The maximum Gasteiger partial charge on any atom is 0.255 e. The summed E-state index contributed by atoms with van der Waals surface area (Å²) in [6.45, 7) is 5.81. The molecule has 0 aliphatic heterocycles. The summed E-state index contributed by atoms with van der Waals surface area (Å²) < 4.78 is 0. The maximum atomic E-state index is 12.4. The topological polar surface area (TPSA) is 57.0 Å². The molecular weight excluding hydrogens is 238 g/mol. The molecule has 0 atom stereocenters. The van der Waals surface area contributed by atoms with Crippen molar-refractivity contribution in [2.45, 2.75) is 39.5 Å². The normalized spacial score (nSPS) is 9.95. The van der Waals surface area contributed by atoms with Gasteiger partial charge in [0.1, 0.15) is 11.8 Å². The number of rotatable bonds is 7. The first-order valence-corrected chi connectivity index (χ1v) is 6.88. The van der Waals surface area contributed by atoms with E-state index in [4.69, 9.17) is 5.26 Å². The highest BCUT2D eigenvalue weighted by Crippen LogP contribution is 2.08. The molecule has 1 rings (SSSR count). The molecule has 19 heavy (non-hydrogen) atoms. The summed E-state index contributed by atoms with van der Waals surface area (Å²) in [5.74, 6) is 0.0129. The summed E-state index contributed by atoms with van der Waals surface area (Å²) in [6, 6.07) is 5.22. The molecule has 0 N–H and O–H groups in total. The summed E-state index contributed by atoms with van der Waals surface area (Å²) >= 11 is 0. The van der Waals surface area contributed by atoms with Crippen LogP contribution >= 0.6 is 0 Å². The van der Waals surface area contributed by atoms with E-state index in [0.29, 0.717) is 11.3 Å². The van der Waals surface area contributed by atoms with Crippen molar-refractivity contribution in [2.75, 3.05) is 13.1 Å². The quantitative estimate of drug-likeness (QED) is 0.756. The summed E-state index contributed by atoms with van der Waals surface area (Å²) in [4.78, 5) is 18.2. The molecule has 0 aliphatic rings. The number of pyridine rings is 1. The first-order valence-electron chi connectivity index (χ1n) is 6.88. The third kappa shape index (κ3) is 4.70. The molecule has 0 bridgehead atoms. The number of unbranched alkanes of at least 4 members (excludes halogenated alkanes) is 2. The molecule has 0 saturated heterocycles. The third-order valence-corrected chi connectivity index (χ3v) is 2.98. The molecule has 0 fully saturated rings. The van der Waals surface area contributed by atoms with E-state index in [1.165, 1.54) is 6.20 Å². The zero-order chi connectivity index (χ0) is 14.1. The Kier molecular flexibility index (Phi) is 6.59. The van der Waals surface area contributed by atoms with Gasteiger partial charge < -0.3 is 4.90 Å². The van der Waals surface area contributed by atoms with Gasteiger partial charge in [-0.3, -0.25) is 4.79 Å². The molecule has 0 aliphatic carbocycles. The Balaban J connectivity index is 2.75. The van der Waals surface area contributed by atoms with Crippen molar-refractivity contribution in [1.29, 1.82) is 5.26 Å². The van der Waals surface area contributed by atoms with Crippen LogP contribution in [-0.4, -0.2) is 28.9 Å². The van der Waals surface area contributed by atoms with Crippen LogP contribution in [0.4, 0.5) is 0 Å². The van der Waals surface area contributed by atoms with Crippen molar-refractivity contribution in [3.63, 3.8) is 0 Å². The Morgan fingerprint density at radius 3 is 2.32 bits per heavy atom. The lowest BCUT2D eigenvalue weighted by Gasteiger charge is -2.22. The first kappa shape index (κ1) is 15.2. The molecule has 1 aromatic heterocycles. The molecule has 0 spiro atoms. The zero-order valence-electron chi connectivity index (χ0n) is 11.7. The fourth-order valence-electron chi connectivity index (χ4n) is 1.78. The summed E-state index contributed by atoms with van der Waals surface area (Å²) in [6.07, 6.45) is 5.66. The van der Waals surface area contributed by atoms with Crippen molar-refractivity contribution < 1.29 is 4.79 Å². The molecule has 1 heterocycles. The highest BCUT2D eigenvalue weighted by molar-refractivity contribution is 5.93. The van der Waals surface area contributed by atoms with E-state index in [2.05, 4.69) is 18.8 Å². The number of nitrogens with zero attached hydrogens (tertiary/aromatic N) is 3. The van der Waals surface area contributed by atoms with Crippen LogP contribution in [0.5, 0.6) is 0 Å². The van der Waals surface area contributed by atoms with Crippen LogP contribution in [0.15, 0.2) is 18.3 Å². The number of carbonyl (C=O) groups is 1. The lowest BCUT2D eigenvalue weighted by Crippen LogP contribution is -2.33. The Hall–Kier alpha value is -1.89. The van der Waals surface area contributed by atoms with Gasteiger partial charge in [0.15, 0.2) is 0 Å². The number of hydrogen-bond donors (Lipinski definition) is 0. The summed E-state index contributed by atoms with van der Waals surface area (Å²) in [7, 11) is 0. The van der Waals surface area contributed by atoms with Gasteiger partial charge in [0, 0.05) is 19.3 Å². The zero-order valence-corrected chi connectivity index (χ0v) is 11.7. The Labute approximate surface area is 115 Å². The van der Waals surface area contributed by atoms with E-state index >= 15 is 0 Å². The smallest absolute Gasteiger partial charge is 0.255 e. The van der Waals surface area contributed by atoms with E-state index < -0.39 is 0 Å². The standard InChI is InChI=1S/C15H21N3O/c1-3-5-9-18(10-6-4-2)15(19)13-7-8-14(11-16)17-12-13/h7-8,12H,3-6,9-10H2,1-2H3. The van der Waals surface area contributed by atoms with Crippen molar-refractivity contribution in [1.82, 2.24) is 9.88 Å². The molecule has 1 amide bonds. The van der Waals surface area contributed by atoms with Gasteiger partial charge in [-0.1, -0.05) is 26.7 Å². The average Bonchev–Trinajstić information content (AvgIpc) is 2.47. The summed E-state index contributed by atoms with van der Waals surface area (Å²) in [5.41, 5.74) is 0.899. The van der Waals surface area contributed by atoms with Crippen LogP contribution in [0, 0.1) is 11.3 Å². The average molecular weight is 259 g/mol. The highest BCUT2D eigenvalue weighted by Gasteiger charge is 2.15. The Morgan fingerprint density at radius 1 is 1.26 bits per heavy atom. The largest absolute Gasteiger partial charge is 0.339 e. The second-order valence-corrected chi connectivity index (χ2v) is 4.54. The van der Waals surface area contributed by atoms with Crippen LogP contribution in [0.2, 0.25) is 0 Å².